The summed E-state index contributed by atoms with van der Waals surface area (Å²) in [6, 6.07) is 0. The summed E-state index contributed by atoms with van der Waals surface area (Å²) in [6.07, 6.45) is 1.80. The Labute approximate surface area is 65.0 Å². The summed E-state index contributed by atoms with van der Waals surface area (Å²) < 4.78 is 21.1. The van der Waals surface area contributed by atoms with Crippen LogP contribution in [-0.2, 0) is 9.05 Å². The summed E-state index contributed by atoms with van der Waals surface area (Å²) >= 11 is 0. The third-order valence-electron chi connectivity index (χ3n) is 1.87. The van der Waals surface area contributed by atoms with Crippen LogP contribution in [0.5, 0.6) is 0 Å². The van der Waals surface area contributed by atoms with Crippen LogP contribution in [0.2, 0.25) is 0 Å². The van der Waals surface area contributed by atoms with Crippen LogP contribution in [0.25, 0.3) is 0 Å². The zero-order valence-electron chi connectivity index (χ0n) is 5.51. The molecule has 60 valence electrons. The van der Waals surface area contributed by atoms with Crippen LogP contribution in [0.3, 0.4) is 0 Å². The summed E-state index contributed by atoms with van der Waals surface area (Å²) in [5, 5.41) is 0. The van der Waals surface area contributed by atoms with Crippen LogP contribution < -0.4 is 5.73 Å². The van der Waals surface area contributed by atoms with Crippen LogP contribution in [-0.4, -0.2) is 20.7 Å². The molecule has 0 bridgehead atoms. The van der Waals surface area contributed by atoms with Crippen LogP contribution in [0.1, 0.15) is 12.8 Å². The quantitative estimate of drug-likeness (QED) is 0.640. The minimum Gasteiger partial charge on any atom is -0.330 e. The van der Waals surface area contributed by atoms with Gasteiger partial charge in [0.1, 0.15) is 0 Å². The van der Waals surface area contributed by atoms with Gasteiger partial charge < -0.3 is 5.73 Å². The van der Waals surface area contributed by atoms with Crippen molar-refractivity contribution in [2.45, 2.75) is 12.8 Å². The first kappa shape index (κ1) is 8.30. The van der Waals surface area contributed by atoms with Crippen molar-refractivity contribution in [3.05, 3.63) is 0 Å². The van der Waals surface area contributed by atoms with Gasteiger partial charge in [-0.1, -0.05) is 0 Å². The van der Waals surface area contributed by atoms with Crippen LogP contribution in [0, 0.1) is 5.41 Å². The number of hydrogen-bond acceptors (Lipinski definition) is 3. The second-order valence-corrected chi connectivity index (χ2v) is 5.66. The summed E-state index contributed by atoms with van der Waals surface area (Å²) in [5.41, 5.74) is 5.19. The Hall–Kier alpha value is 0.200. The van der Waals surface area contributed by atoms with Gasteiger partial charge in [0.05, 0.1) is 5.75 Å². The standard InChI is InChI=1S/C5H10ClNO2S/c6-10(8,9)4-5(3-7)1-2-5/h1-4,7H2. The molecule has 5 heteroatoms. The fourth-order valence-electron chi connectivity index (χ4n) is 0.950. The molecule has 0 atom stereocenters. The van der Waals surface area contributed by atoms with E-state index in [0.29, 0.717) is 6.54 Å². The molecule has 1 saturated carbocycles. The van der Waals surface area contributed by atoms with Gasteiger partial charge in [-0.3, -0.25) is 0 Å². The molecule has 0 aliphatic heterocycles. The van der Waals surface area contributed by atoms with Gasteiger partial charge in [0.2, 0.25) is 9.05 Å². The lowest BCUT2D eigenvalue weighted by molar-refractivity contribution is 0.557. The molecule has 0 radical (unpaired) electrons. The Balaban J connectivity index is 2.54. The van der Waals surface area contributed by atoms with Crippen molar-refractivity contribution in [3.63, 3.8) is 0 Å². The fourth-order valence-corrected chi connectivity index (χ4v) is 2.78. The molecule has 0 heterocycles. The first-order valence-electron chi connectivity index (χ1n) is 3.10. The van der Waals surface area contributed by atoms with E-state index in [-0.39, 0.29) is 11.2 Å². The molecule has 0 aromatic carbocycles. The molecule has 1 fully saturated rings. The maximum Gasteiger partial charge on any atom is 0.233 e. The lowest BCUT2D eigenvalue weighted by Gasteiger charge is -2.07. The Morgan fingerprint density at radius 3 is 2.10 bits per heavy atom. The van der Waals surface area contributed by atoms with Crippen molar-refractivity contribution < 1.29 is 8.42 Å². The van der Waals surface area contributed by atoms with E-state index in [0.717, 1.165) is 12.8 Å². The molecule has 0 amide bonds. The molecule has 0 aromatic rings. The monoisotopic (exact) mass is 183 g/mol. The van der Waals surface area contributed by atoms with Gasteiger partial charge in [0.15, 0.2) is 0 Å². The van der Waals surface area contributed by atoms with E-state index in [4.69, 9.17) is 16.4 Å². The highest BCUT2D eigenvalue weighted by Gasteiger charge is 2.44. The minimum atomic E-state index is -3.34. The highest BCUT2D eigenvalue weighted by molar-refractivity contribution is 8.13. The van der Waals surface area contributed by atoms with E-state index in [1.165, 1.54) is 0 Å². The predicted octanol–water partition coefficient (Wildman–Crippen LogP) is 0.294. The Morgan fingerprint density at radius 2 is 2.00 bits per heavy atom. The highest BCUT2D eigenvalue weighted by Crippen LogP contribution is 2.45. The van der Waals surface area contributed by atoms with Gasteiger partial charge in [-0.25, -0.2) is 8.42 Å². The van der Waals surface area contributed by atoms with Gasteiger partial charge in [-0.15, -0.1) is 0 Å². The van der Waals surface area contributed by atoms with Crippen molar-refractivity contribution in [1.29, 1.82) is 0 Å². The van der Waals surface area contributed by atoms with Crippen molar-refractivity contribution >= 4 is 19.7 Å². The topological polar surface area (TPSA) is 60.2 Å². The van der Waals surface area contributed by atoms with E-state index in [1.807, 2.05) is 0 Å². The number of rotatable bonds is 3. The molecule has 10 heavy (non-hydrogen) atoms. The molecular formula is C5H10ClNO2S. The second kappa shape index (κ2) is 2.36. The molecule has 0 spiro atoms. The average molecular weight is 184 g/mol. The third-order valence-corrected chi connectivity index (χ3v) is 3.15. The lowest BCUT2D eigenvalue weighted by atomic mass is 10.1. The second-order valence-electron chi connectivity index (χ2n) is 2.89. The van der Waals surface area contributed by atoms with E-state index in [2.05, 4.69) is 0 Å². The van der Waals surface area contributed by atoms with Gasteiger partial charge in [-0.2, -0.15) is 0 Å². The molecule has 3 nitrogen and oxygen atoms in total. The summed E-state index contributed by atoms with van der Waals surface area (Å²) in [6.45, 7) is 0.430. The van der Waals surface area contributed by atoms with Gasteiger partial charge in [0, 0.05) is 10.7 Å². The maximum atomic E-state index is 10.6. The van der Waals surface area contributed by atoms with Crippen LogP contribution in [0.4, 0.5) is 0 Å². The maximum absolute atomic E-state index is 10.6. The third kappa shape index (κ3) is 2.11. The molecule has 1 aliphatic rings. The van der Waals surface area contributed by atoms with E-state index >= 15 is 0 Å². The van der Waals surface area contributed by atoms with Gasteiger partial charge in [0.25, 0.3) is 0 Å². The predicted molar refractivity (Wildman–Crippen MR) is 40.4 cm³/mol. The van der Waals surface area contributed by atoms with E-state index in [9.17, 15) is 8.42 Å². The number of hydrogen-bond donors (Lipinski definition) is 1. The first-order valence-corrected chi connectivity index (χ1v) is 5.58. The van der Waals surface area contributed by atoms with Crippen molar-refractivity contribution in [3.8, 4) is 0 Å². The van der Waals surface area contributed by atoms with Crippen molar-refractivity contribution in [2.75, 3.05) is 12.3 Å². The van der Waals surface area contributed by atoms with Gasteiger partial charge in [-0.05, 0) is 24.8 Å². The Kier molecular flexibility index (Phi) is 1.96. The Bertz CT molecular complexity index is 220. The average Bonchev–Trinajstić information content (AvgIpc) is 2.45. The number of nitrogens with two attached hydrogens (primary N) is 1. The van der Waals surface area contributed by atoms with Crippen molar-refractivity contribution in [1.82, 2.24) is 0 Å². The zero-order chi connectivity index (χ0) is 7.83. The van der Waals surface area contributed by atoms with Crippen molar-refractivity contribution in [2.24, 2.45) is 11.1 Å². The molecule has 0 unspecified atom stereocenters. The SMILES string of the molecule is NCC1(CS(=O)(=O)Cl)CC1. The molecule has 1 aliphatic carbocycles. The largest absolute Gasteiger partial charge is 0.330 e. The van der Waals surface area contributed by atoms with E-state index < -0.39 is 9.05 Å². The van der Waals surface area contributed by atoms with Gasteiger partial charge >= 0.3 is 0 Å². The molecule has 2 N–H and O–H groups in total. The normalized spacial score (nSPS) is 22.6. The highest BCUT2D eigenvalue weighted by atomic mass is 35.7. The summed E-state index contributed by atoms with van der Waals surface area (Å²) in [7, 11) is 1.71. The molecule has 0 aromatic heterocycles. The van der Waals surface area contributed by atoms with E-state index in [1.54, 1.807) is 0 Å². The minimum absolute atomic E-state index is 0.0397. The first-order chi connectivity index (χ1) is 4.47. The Morgan fingerprint density at radius 1 is 1.50 bits per heavy atom. The lowest BCUT2D eigenvalue weighted by Crippen LogP contribution is -2.22. The molecular weight excluding hydrogens is 174 g/mol. The zero-order valence-corrected chi connectivity index (χ0v) is 7.08. The molecule has 1 rings (SSSR count). The number of halogens is 1. The van der Waals surface area contributed by atoms with Crippen LogP contribution in [0.15, 0.2) is 0 Å². The molecule has 0 saturated heterocycles. The summed E-state index contributed by atoms with van der Waals surface area (Å²) in [4.78, 5) is 0. The fraction of sp³-hybridized carbons (Fsp3) is 1.00. The smallest absolute Gasteiger partial charge is 0.233 e. The van der Waals surface area contributed by atoms with Crippen LogP contribution >= 0.6 is 10.7 Å². The summed E-state index contributed by atoms with van der Waals surface area (Å²) in [5.74, 6) is 0.0397.